The van der Waals surface area contributed by atoms with E-state index in [0.29, 0.717) is 11.5 Å². The lowest BCUT2D eigenvalue weighted by Crippen LogP contribution is -2.08. The van der Waals surface area contributed by atoms with Crippen LogP contribution >= 0.6 is 11.3 Å². The van der Waals surface area contributed by atoms with E-state index in [9.17, 15) is 9.59 Å². The predicted octanol–water partition coefficient (Wildman–Crippen LogP) is 3.62. The number of fused-ring (bicyclic) bond motifs is 1. The van der Waals surface area contributed by atoms with Crippen molar-refractivity contribution < 1.29 is 19.1 Å². The number of nitrogens with zero attached hydrogens (tertiary/aromatic N) is 2. The van der Waals surface area contributed by atoms with Crippen LogP contribution in [-0.2, 0) is 9.47 Å². The van der Waals surface area contributed by atoms with E-state index in [1.165, 1.54) is 26.6 Å². The smallest absolute Gasteiger partial charge is 0.337 e. The zero-order chi connectivity index (χ0) is 18.8. The summed E-state index contributed by atoms with van der Waals surface area (Å²) in [5.74, 6) is -0.488. The van der Waals surface area contributed by atoms with E-state index in [2.05, 4.69) is 15.3 Å². The van der Waals surface area contributed by atoms with E-state index in [0.717, 1.165) is 20.7 Å². The van der Waals surface area contributed by atoms with E-state index in [4.69, 9.17) is 9.47 Å². The molecular formula is C18H17N3O4S. The summed E-state index contributed by atoms with van der Waals surface area (Å²) < 4.78 is 9.52. The lowest BCUT2D eigenvalue weighted by atomic mass is 10.1. The maximum Gasteiger partial charge on any atom is 0.337 e. The number of rotatable bonds is 4. The second-order valence-electron chi connectivity index (χ2n) is 5.59. The molecule has 1 aromatic carbocycles. The highest BCUT2D eigenvalue weighted by molar-refractivity contribution is 7.18. The van der Waals surface area contributed by atoms with Crippen LogP contribution in [0.15, 0.2) is 24.5 Å². The number of nitrogens with one attached hydrogen (secondary N) is 1. The van der Waals surface area contributed by atoms with Crippen molar-refractivity contribution in [3.63, 3.8) is 0 Å². The zero-order valence-corrected chi connectivity index (χ0v) is 15.6. The van der Waals surface area contributed by atoms with E-state index in [1.807, 2.05) is 13.8 Å². The average molecular weight is 371 g/mol. The molecule has 0 aliphatic heterocycles. The van der Waals surface area contributed by atoms with Crippen LogP contribution in [0.25, 0.3) is 10.2 Å². The molecule has 3 aromatic rings. The van der Waals surface area contributed by atoms with Gasteiger partial charge >= 0.3 is 11.9 Å². The molecule has 2 aromatic heterocycles. The van der Waals surface area contributed by atoms with E-state index in [1.54, 1.807) is 23.5 Å². The van der Waals surface area contributed by atoms with Gasteiger partial charge in [-0.2, -0.15) is 0 Å². The Hall–Kier alpha value is -3.00. The highest BCUT2D eigenvalue weighted by Gasteiger charge is 2.16. The number of esters is 2. The fourth-order valence-corrected chi connectivity index (χ4v) is 3.58. The first-order valence-electron chi connectivity index (χ1n) is 7.74. The molecular weight excluding hydrogens is 354 g/mol. The number of methoxy groups -OCH3 is 2. The number of thiophene rings is 1. The van der Waals surface area contributed by atoms with Gasteiger partial charge in [0.05, 0.1) is 30.7 Å². The molecule has 0 aliphatic rings. The first kappa shape index (κ1) is 17.8. The lowest BCUT2D eigenvalue weighted by molar-refractivity contribution is 0.0599. The van der Waals surface area contributed by atoms with Crippen LogP contribution < -0.4 is 5.32 Å². The van der Waals surface area contributed by atoms with Crippen LogP contribution in [-0.4, -0.2) is 36.1 Å². The number of carbonyl (C=O) groups is 2. The fraction of sp³-hybridized carbons (Fsp3) is 0.222. The molecule has 0 aliphatic carbocycles. The van der Waals surface area contributed by atoms with Gasteiger partial charge in [-0.15, -0.1) is 11.3 Å². The molecule has 1 N–H and O–H groups in total. The molecule has 2 heterocycles. The third kappa shape index (κ3) is 3.23. The van der Waals surface area contributed by atoms with Crippen molar-refractivity contribution in [2.45, 2.75) is 13.8 Å². The monoisotopic (exact) mass is 371 g/mol. The fourth-order valence-electron chi connectivity index (χ4n) is 2.59. The number of aromatic nitrogens is 2. The summed E-state index contributed by atoms with van der Waals surface area (Å²) in [5.41, 5.74) is 2.09. The third-order valence-corrected chi connectivity index (χ3v) is 5.12. The van der Waals surface area contributed by atoms with Crippen molar-refractivity contribution in [3.8, 4) is 0 Å². The molecule has 0 amide bonds. The van der Waals surface area contributed by atoms with Gasteiger partial charge in [0.2, 0.25) is 0 Å². The second kappa shape index (κ2) is 7.09. The van der Waals surface area contributed by atoms with Crippen molar-refractivity contribution in [2.75, 3.05) is 19.5 Å². The van der Waals surface area contributed by atoms with Gasteiger partial charge in [0.25, 0.3) is 0 Å². The van der Waals surface area contributed by atoms with Gasteiger partial charge in [-0.1, -0.05) is 0 Å². The van der Waals surface area contributed by atoms with Crippen LogP contribution in [0, 0.1) is 13.8 Å². The Morgan fingerprint density at radius 2 is 1.62 bits per heavy atom. The Bertz CT molecular complexity index is 979. The minimum absolute atomic E-state index is 0.237. The highest BCUT2D eigenvalue weighted by atomic mass is 32.1. The molecule has 0 saturated carbocycles. The minimum atomic E-state index is -0.547. The molecule has 0 bridgehead atoms. The molecule has 0 atom stereocenters. The number of aryl methyl sites for hydroxylation is 2. The van der Waals surface area contributed by atoms with Crippen LogP contribution in [0.5, 0.6) is 0 Å². The first-order valence-corrected chi connectivity index (χ1v) is 8.55. The molecule has 0 fully saturated rings. The number of benzene rings is 1. The Kier molecular flexibility index (Phi) is 4.85. The molecule has 7 nitrogen and oxygen atoms in total. The highest BCUT2D eigenvalue weighted by Crippen LogP contribution is 2.34. The first-order chi connectivity index (χ1) is 12.4. The summed E-state index contributed by atoms with van der Waals surface area (Å²) in [6.07, 6.45) is 1.48. The van der Waals surface area contributed by atoms with Crippen molar-refractivity contribution >= 4 is 45.0 Å². The molecule has 0 spiro atoms. The van der Waals surface area contributed by atoms with Gasteiger partial charge in [0, 0.05) is 10.6 Å². The van der Waals surface area contributed by atoms with Crippen LogP contribution in [0.1, 0.15) is 31.2 Å². The number of ether oxygens (including phenoxy) is 2. The van der Waals surface area contributed by atoms with Gasteiger partial charge in [-0.25, -0.2) is 19.6 Å². The summed E-state index contributed by atoms with van der Waals surface area (Å²) in [6, 6.07) is 4.62. The van der Waals surface area contributed by atoms with Gasteiger partial charge in [-0.05, 0) is 37.6 Å². The molecule has 0 radical (unpaired) electrons. The number of carbonyl (C=O) groups excluding carboxylic acids is 2. The van der Waals surface area contributed by atoms with Crippen molar-refractivity contribution in [3.05, 3.63) is 46.1 Å². The normalized spacial score (nSPS) is 10.6. The Morgan fingerprint density at radius 3 is 2.19 bits per heavy atom. The third-order valence-electron chi connectivity index (χ3n) is 4.00. The summed E-state index contributed by atoms with van der Waals surface area (Å²) in [4.78, 5) is 34.5. The Labute approximate surface area is 154 Å². The number of hydrogen-bond donors (Lipinski definition) is 1. The Balaban J connectivity index is 2.10. The van der Waals surface area contributed by atoms with Crippen molar-refractivity contribution in [2.24, 2.45) is 0 Å². The SMILES string of the molecule is COC(=O)c1cc(Nc2ncnc3sc(C)c(C)c23)cc(C(=O)OC)c1. The maximum atomic E-state index is 11.9. The summed E-state index contributed by atoms with van der Waals surface area (Å²) in [6.45, 7) is 4.03. The molecule has 3 rings (SSSR count). The van der Waals surface area contributed by atoms with Gasteiger partial charge in [0.1, 0.15) is 17.0 Å². The molecule has 134 valence electrons. The second-order valence-corrected chi connectivity index (χ2v) is 6.80. The van der Waals surface area contributed by atoms with Gasteiger partial charge < -0.3 is 14.8 Å². The molecule has 26 heavy (non-hydrogen) atoms. The predicted molar refractivity (Wildman–Crippen MR) is 99.3 cm³/mol. The minimum Gasteiger partial charge on any atom is -0.465 e. The molecule has 0 unspecified atom stereocenters. The standard InChI is InChI=1S/C18H17N3O4S/c1-9-10(2)26-16-14(9)15(19-8-20-16)21-13-6-11(17(22)24-3)5-12(7-13)18(23)25-4/h5-8H,1-4H3,(H,19,20,21). The summed E-state index contributed by atoms with van der Waals surface area (Å²) in [7, 11) is 2.57. The molecule has 8 heteroatoms. The Morgan fingerprint density at radius 1 is 1.00 bits per heavy atom. The quantitative estimate of drug-likeness (QED) is 0.700. The largest absolute Gasteiger partial charge is 0.465 e. The van der Waals surface area contributed by atoms with E-state index >= 15 is 0 Å². The summed E-state index contributed by atoms with van der Waals surface area (Å²) >= 11 is 1.59. The maximum absolute atomic E-state index is 11.9. The topological polar surface area (TPSA) is 90.4 Å². The molecule has 0 saturated heterocycles. The van der Waals surface area contributed by atoms with Crippen molar-refractivity contribution in [1.29, 1.82) is 0 Å². The summed E-state index contributed by atoms with van der Waals surface area (Å²) in [5, 5.41) is 4.09. The van der Waals surface area contributed by atoms with Crippen LogP contribution in [0.3, 0.4) is 0 Å². The zero-order valence-electron chi connectivity index (χ0n) is 14.7. The van der Waals surface area contributed by atoms with Crippen LogP contribution in [0.4, 0.5) is 11.5 Å². The van der Waals surface area contributed by atoms with E-state index < -0.39 is 11.9 Å². The number of anilines is 2. The average Bonchev–Trinajstić information content (AvgIpc) is 2.95. The van der Waals surface area contributed by atoms with Gasteiger partial charge in [-0.3, -0.25) is 0 Å². The van der Waals surface area contributed by atoms with Crippen LogP contribution in [0.2, 0.25) is 0 Å². The van der Waals surface area contributed by atoms with Crippen molar-refractivity contribution in [1.82, 2.24) is 9.97 Å². The number of hydrogen-bond acceptors (Lipinski definition) is 8. The van der Waals surface area contributed by atoms with Gasteiger partial charge in [0.15, 0.2) is 0 Å². The van der Waals surface area contributed by atoms with E-state index in [-0.39, 0.29) is 11.1 Å². The lowest BCUT2D eigenvalue weighted by Gasteiger charge is -2.11.